The number of hydrogen-bond donors (Lipinski definition) is 4. The minimum atomic E-state index is -1.57. The predicted molar refractivity (Wildman–Crippen MR) is 76.7 cm³/mol. The maximum absolute atomic E-state index is 11.5. The lowest BCUT2D eigenvalue weighted by Crippen LogP contribution is -2.60. The zero-order valence-corrected chi connectivity index (χ0v) is 12.8. The number of carbonyl (C=O) groups excluding carboxylic acids is 1. The monoisotopic (exact) mass is 342 g/mol. The molecule has 3 rings (SSSR count). The van der Waals surface area contributed by atoms with Crippen LogP contribution in [-0.2, 0) is 16.0 Å². The zero-order valence-electron chi connectivity index (χ0n) is 12.8. The van der Waals surface area contributed by atoms with Gasteiger partial charge in [0.1, 0.15) is 30.2 Å². The topological polar surface area (TPSA) is 135 Å². The molecule has 132 valence electrons. The number of aliphatic hydroxyl groups excluding tert-OH is 4. The molecule has 0 amide bonds. The Bertz CT molecular complexity index is 630. The lowest BCUT2D eigenvalue weighted by atomic mass is 9.99. The number of rotatable bonds is 4. The molecule has 1 fully saturated rings. The van der Waals surface area contributed by atoms with Crippen molar-refractivity contribution in [3.8, 4) is 17.2 Å². The van der Waals surface area contributed by atoms with Crippen molar-refractivity contribution in [1.82, 2.24) is 0 Å². The number of benzene rings is 1. The van der Waals surface area contributed by atoms with Crippen LogP contribution in [0.1, 0.15) is 5.56 Å². The number of ether oxygens (including phenoxy) is 4. The third-order valence-corrected chi connectivity index (χ3v) is 3.98. The molecule has 1 aromatic rings. The number of hydrogen-bond acceptors (Lipinski definition) is 9. The second-order valence-corrected chi connectivity index (χ2v) is 5.58. The highest BCUT2D eigenvalue weighted by Crippen LogP contribution is 2.41. The van der Waals surface area contributed by atoms with Gasteiger partial charge in [0.15, 0.2) is 11.5 Å². The summed E-state index contributed by atoms with van der Waals surface area (Å²) in [5.74, 6) is 0.209. The molecule has 9 nitrogen and oxygen atoms in total. The fraction of sp³-hybridized carbons (Fsp3) is 0.533. The standard InChI is InChI=1S/C15H18O9/c1-21-7-2-6-3-10(17)24-14(6)8(4-7)22-15-13(20)12(19)11(18)9(5-16)23-15/h2,4,9,11-13,15-16,18-20H,3,5H2,1H3. The normalized spacial score (nSPS) is 32.2. The molecule has 2 aliphatic rings. The van der Waals surface area contributed by atoms with Gasteiger partial charge in [-0.25, -0.2) is 0 Å². The molecule has 24 heavy (non-hydrogen) atoms. The van der Waals surface area contributed by atoms with Gasteiger partial charge in [0, 0.05) is 11.6 Å². The Kier molecular flexibility index (Phi) is 4.61. The fourth-order valence-corrected chi connectivity index (χ4v) is 2.68. The molecule has 9 heteroatoms. The summed E-state index contributed by atoms with van der Waals surface area (Å²) in [6.07, 6.45) is -7.05. The number of esters is 1. The van der Waals surface area contributed by atoms with Crippen molar-refractivity contribution in [2.75, 3.05) is 13.7 Å². The maximum atomic E-state index is 11.5. The SMILES string of the molecule is COc1cc2c(c(OC3OC(CO)C(O)C(O)C3O)c1)OC(=O)C2. The Morgan fingerprint density at radius 3 is 2.62 bits per heavy atom. The van der Waals surface area contributed by atoms with Crippen LogP contribution in [0.5, 0.6) is 17.2 Å². The summed E-state index contributed by atoms with van der Waals surface area (Å²) < 4.78 is 21.1. The molecule has 2 aliphatic heterocycles. The van der Waals surface area contributed by atoms with Gasteiger partial charge in [-0.05, 0) is 6.07 Å². The zero-order chi connectivity index (χ0) is 17.4. The third-order valence-electron chi connectivity index (χ3n) is 3.98. The molecule has 1 saturated heterocycles. The highest BCUT2D eigenvalue weighted by Gasteiger charge is 2.45. The molecule has 4 N–H and O–H groups in total. The molecule has 0 spiro atoms. The second-order valence-electron chi connectivity index (χ2n) is 5.58. The van der Waals surface area contributed by atoms with Crippen molar-refractivity contribution < 1.29 is 44.2 Å². The van der Waals surface area contributed by atoms with E-state index in [1.165, 1.54) is 13.2 Å². The van der Waals surface area contributed by atoms with Crippen molar-refractivity contribution in [2.24, 2.45) is 0 Å². The Labute approximate surface area is 136 Å². The highest BCUT2D eigenvalue weighted by molar-refractivity contribution is 5.83. The Morgan fingerprint density at radius 2 is 1.96 bits per heavy atom. The number of methoxy groups -OCH3 is 1. The van der Waals surface area contributed by atoms with E-state index in [0.717, 1.165) is 0 Å². The maximum Gasteiger partial charge on any atom is 0.315 e. The lowest BCUT2D eigenvalue weighted by molar-refractivity contribution is -0.277. The van der Waals surface area contributed by atoms with E-state index in [0.29, 0.717) is 11.3 Å². The Morgan fingerprint density at radius 1 is 1.21 bits per heavy atom. The van der Waals surface area contributed by atoms with E-state index in [1.54, 1.807) is 6.07 Å². The van der Waals surface area contributed by atoms with Crippen LogP contribution < -0.4 is 14.2 Å². The molecule has 0 aliphatic carbocycles. The third kappa shape index (κ3) is 2.92. The van der Waals surface area contributed by atoms with Gasteiger partial charge in [-0.2, -0.15) is 0 Å². The predicted octanol–water partition coefficient (Wildman–Crippen LogP) is -1.66. The van der Waals surface area contributed by atoms with Gasteiger partial charge in [-0.3, -0.25) is 4.79 Å². The fourth-order valence-electron chi connectivity index (χ4n) is 2.68. The van der Waals surface area contributed by atoms with Crippen LogP contribution in [-0.4, -0.2) is 70.8 Å². The first-order valence-corrected chi connectivity index (χ1v) is 7.33. The number of carbonyl (C=O) groups is 1. The molecular formula is C15H18O9. The number of aliphatic hydroxyl groups is 4. The van der Waals surface area contributed by atoms with Crippen LogP contribution in [0.2, 0.25) is 0 Å². The summed E-state index contributed by atoms with van der Waals surface area (Å²) >= 11 is 0. The van der Waals surface area contributed by atoms with E-state index in [9.17, 15) is 25.2 Å². The Balaban J connectivity index is 1.88. The summed E-state index contributed by atoms with van der Waals surface area (Å²) in [5, 5.41) is 38.8. The first kappa shape index (κ1) is 16.9. The highest BCUT2D eigenvalue weighted by atomic mass is 16.7. The van der Waals surface area contributed by atoms with E-state index in [-0.39, 0.29) is 17.9 Å². The van der Waals surface area contributed by atoms with Gasteiger partial charge in [-0.1, -0.05) is 0 Å². The average Bonchev–Trinajstić information content (AvgIpc) is 2.95. The van der Waals surface area contributed by atoms with Crippen LogP contribution in [0.4, 0.5) is 0 Å². The van der Waals surface area contributed by atoms with Gasteiger partial charge in [0.25, 0.3) is 0 Å². The van der Waals surface area contributed by atoms with E-state index < -0.39 is 43.3 Å². The van der Waals surface area contributed by atoms with Gasteiger partial charge in [0.05, 0.1) is 20.1 Å². The molecule has 0 saturated carbocycles. The van der Waals surface area contributed by atoms with E-state index in [4.69, 9.17) is 18.9 Å². The summed E-state index contributed by atoms with van der Waals surface area (Å²) in [6, 6.07) is 3.07. The van der Waals surface area contributed by atoms with Gasteiger partial charge < -0.3 is 39.4 Å². The molecule has 1 aromatic carbocycles. The molecule has 2 heterocycles. The summed E-state index contributed by atoms with van der Waals surface area (Å²) in [4.78, 5) is 11.5. The number of fused-ring (bicyclic) bond motifs is 1. The smallest absolute Gasteiger partial charge is 0.315 e. The molecule has 0 aromatic heterocycles. The van der Waals surface area contributed by atoms with Crippen LogP contribution in [0.15, 0.2) is 12.1 Å². The first-order valence-electron chi connectivity index (χ1n) is 7.33. The van der Waals surface area contributed by atoms with Crippen LogP contribution in [0.3, 0.4) is 0 Å². The largest absolute Gasteiger partial charge is 0.497 e. The minimum absolute atomic E-state index is 0.0531. The molecule has 0 radical (unpaired) electrons. The quantitative estimate of drug-likeness (QED) is 0.374. The van der Waals surface area contributed by atoms with E-state index in [2.05, 4.69) is 0 Å². The van der Waals surface area contributed by atoms with Crippen LogP contribution in [0, 0.1) is 0 Å². The van der Waals surface area contributed by atoms with Crippen molar-refractivity contribution >= 4 is 5.97 Å². The molecular weight excluding hydrogens is 324 g/mol. The Hall–Kier alpha value is -1.91. The second kappa shape index (κ2) is 6.54. The van der Waals surface area contributed by atoms with Crippen molar-refractivity contribution in [2.45, 2.75) is 37.1 Å². The minimum Gasteiger partial charge on any atom is -0.497 e. The van der Waals surface area contributed by atoms with Crippen molar-refractivity contribution in [3.05, 3.63) is 17.7 Å². The molecule has 5 unspecified atom stereocenters. The lowest BCUT2D eigenvalue weighted by Gasteiger charge is -2.39. The molecule has 0 bridgehead atoms. The van der Waals surface area contributed by atoms with Gasteiger partial charge >= 0.3 is 5.97 Å². The summed E-state index contributed by atoms with van der Waals surface area (Å²) in [6.45, 7) is -0.573. The average molecular weight is 342 g/mol. The van der Waals surface area contributed by atoms with Crippen molar-refractivity contribution in [3.63, 3.8) is 0 Å². The summed E-state index contributed by atoms with van der Waals surface area (Å²) in [5.41, 5.74) is 0.555. The van der Waals surface area contributed by atoms with Crippen LogP contribution >= 0.6 is 0 Å². The van der Waals surface area contributed by atoms with Gasteiger partial charge in [0.2, 0.25) is 6.29 Å². The van der Waals surface area contributed by atoms with E-state index in [1.807, 2.05) is 0 Å². The van der Waals surface area contributed by atoms with Crippen LogP contribution in [0.25, 0.3) is 0 Å². The molecule has 5 atom stereocenters. The van der Waals surface area contributed by atoms with Crippen molar-refractivity contribution in [1.29, 1.82) is 0 Å². The van der Waals surface area contributed by atoms with Gasteiger partial charge in [-0.15, -0.1) is 0 Å². The summed E-state index contributed by atoms with van der Waals surface area (Å²) in [7, 11) is 1.44. The first-order chi connectivity index (χ1) is 11.4. The van der Waals surface area contributed by atoms with E-state index >= 15 is 0 Å².